The molecule has 2 aromatic heterocycles. The zero-order chi connectivity index (χ0) is 21.6. The van der Waals surface area contributed by atoms with Crippen molar-refractivity contribution in [1.29, 1.82) is 0 Å². The van der Waals surface area contributed by atoms with Crippen LogP contribution in [-0.4, -0.2) is 32.1 Å². The fourth-order valence-electron chi connectivity index (χ4n) is 3.30. The van der Waals surface area contributed by atoms with Crippen LogP contribution >= 0.6 is 0 Å². The molecule has 10 heteroatoms. The van der Waals surface area contributed by atoms with Gasteiger partial charge in [-0.25, -0.2) is 9.67 Å². The van der Waals surface area contributed by atoms with Crippen molar-refractivity contribution in [3.63, 3.8) is 0 Å². The van der Waals surface area contributed by atoms with Gasteiger partial charge in [-0.2, -0.15) is 31.4 Å². The quantitative estimate of drug-likeness (QED) is 0.541. The van der Waals surface area contributed by atoms with Crippen LogP contribution in [0.3, 0.4) is 0 Å². The predicted octanol–water partition coefficient (Wildman–Crippen LogP) is 5.58. The summed E-state index contributed by atoms with van der Waals surface area (Å²) in [7, 11) is 0. The van der Waals surface area contributed by atoms with E-state index >= 15 is 0 Å². The molecule has 1 saturated carbocycles. The number of H-pyrrole nitrogens is 1. The highest BCUT2D eigenvalue weighted by Gasteiger charge is 2.62. The van der Waals surface area contributed by atoms with Gasteiger partial charge in [-0.05, 0) is 42.7 Å². The van der Waals surface area contributed by atoms with Crippen LogP contribution in [0, 0.1) is 5.41 Å². The Morgan fingerprint density at radius 2 is 1.80 bits per heavy atom. The first-order chi connectivity index (χ1) is 14.1. The van der Waals surface area contributed by atoms with Gasteiger partial charge >= 0.3 is 12.4 Å². The Kier molecular flexibility index (Phi) is 4.74. The van der Waals surface area contributed by atoms with E-state index in [-0.39, 0.29) is 36.3 Å². The van der Waals surface area contributed by atoms with Gasteiger partial charge in [0, 0.05) is 30.7 Å². The lowest BCUT2D eigenvalue weighted by Crippen LogP contribution is -2.26. The summed E-state index contributed by atoms with van der Waals surface area (Å²) < 4.78 is 81.7. The van der Waals surface area contributed by atoms with Gasteiger partial charge in [0.05, 0.1) is 16.7 Å². The lowest BCUT2D eigenvalue weighted by Gasteiger charge is -2.17. The lowest BCUT2D eigenvalue weighted by atomic mass is 10.0. The van der Waals surface area contributed by atoms with Crippen molar-refractivity contribution in [1.82, 2.24) is 19.7 Å². The first-order valence-electron chi connectivity index (χ1n) is 9.07. The summed E-state index contributed by atoms with van der Waals surface area (Å²) in [4.78, 5) is 6.42. The fourth-order valence-corrected chi connectivity index (χ4v) is 3.30. The first-order valence-corrected chi connectivity index (χ1v) is 9.07. The molecule has 0 aliphatic heterocycles. The molecule has 0 atom stereocenters. The highest BCUT2D eigenvalue weighted by atomic mass is 19.4. The second kappa shape index (κ2) is 7.03. The Balaban J connectivity index is 1.60. The number of hydrogen-bond donors (Lipinski definition) is 1. The maximum Gasteiger partial charge on any atom is 0.417 e. The zero-order valence-electron chi connectivity index (χ0n) is 15.4. The van der Waals surface area contributed by atoms with Crippen molar-refractivity contribution >= 4 is 11.6 Å². The highest BCUT2D eigenvalue weighted by Crippen LogP contribution is 2.59. The maximum absolute atomic E-state index is 13.6. The SMILES string of the molecule is FC(F)(F)C(=Cc1ncc(CC2(C(F)(F)F)CC2)[nH]1)c1ccc(-n2cccn2)cc1. The van der Waals surface area contributed by atoms with Crippen LogP contribution in [0.25, 0.3) is 17.3 Å². The number of aromatic nitrogens is 4. The molecule has 1 aromatic carbocycles. The Morgan fingerprint density at radius 1 is 1.10 bits per heavy atom. The van der Waals surface area contributed by atoms with Gasteiger partial charge in [-0.1, -0.05) is 12.1 Å². The average molecular weight is 426 g/mol. The van der Waals surface area contributed by atoms with Gasteiger partial charge in [-0.3, -0.25) is 0 Å². The smallest absolute Gasteiger partial charge is 0.342 e. The van der Waals surface area contributed by atoms with Crippen molar-refractivity contribution in [2.45, 2.75) is 31.6 Å². The third kappa shape index (κ3) is 3.99. The van der Waals surface area contributed by atoms with Crippen molar-refractivity contribution in [3.8, 4) is 5.69 Å². The molecule has 3 aromatic rings. The molecule has 1 N–H and O–H groups in total. The van der Waals surface area contributed by atoms with E-state index in [1.165, 1.54) is 28.9 Å². The molecule has 0 saturated heterocycles. The summed E-state index contributed by atoms with van der Waals surface area (Å²) in [5, 5.41) is 4.02. The summed E-state index contributed by atoms with van der Waals surface area (Å²) in [5.41, 5.74) is -2.09. The number of hydrogen-bond acceptors (Lipinski definition) is 2. The number of halogens is 6. The maximum atomic E-state index is 13.6. The Morgan fingerprint density at radius 3 is 2.33 bits per heavy atom. The number of allylic oxidation sites excluding steroid dienone is 1. The van der Waals surface area contributed by atoms with Gasteiger partial charge in [0.25, 0.3) is 0 Å². The minimum absolute atomic E-state index is 0.0110. The standard InChI is InChI=1S/C20H16F6N4/c21-19(22,23)16(13-2-4-15(5-3-13)30-9-1-8-28-30)10-17-27-12-14(29-17)11-18(6-7-18)20(24,25)26/h1-5,8-10,12H,6-7,11H2,(H,27,29). The van der Waals surface area contributed by atoms with E-state index in [9.17, 15) is 26.3 Å². The number of alkyl halides is 6. The van der Waals surface area contributed by atoms with E-state index in [0.717, 1.165) is 12.3 Å². The van der Waals surface area contributed by atoms with Crippen molar-refractivity contribution < 1.29 is 26.3 Å². The molecular formula is C20H16F6N4. The number of nitrogens with one attached hydrogen (secondary N) is 1. The Bertz CT molecular complexity index is 1040. The van der Waals surface area contributed by atoms with Crippen LogP contribution in [0.2, 0.25) is 0 Å². The minimum Gasteiger partial charge on any atom is -0.342 e. The molecule has 4 rings (SSSR count). The Labute approximate surface area is 167 Å². The molecule has 0 radical (unpaired) electrons. The summed E-state index contributed by atoms with van der Waals surface area (Å²) in [6.07, 6.45) is -4.15. The van der Waals surface area contributed by atoms with E-state index in [1.807, 2.05) is 0 Å². The molecule has 0 bridgehead atoms. The van der Waals surface area contributed by atoms with Crippen molar-refractivity contribution in [3.05, 3.63) is 66.0 Å². The normalized spacial score (nSPS) is 16.7. The number of aromatic amines is 1. The van der Waals surface area contributed by atoms with E-state index in [1.54, 1.807) is 18.5 Å². The van der Waals surface area contributed by atoms with Gasteiger partial charge < -0.3 is 4.98 Å². The zero-order valence-corrected chi connectivity index (χ0v) is 15.4. The molecule has 4 nitrogen and oxygen atoms in total. The number of rotatable bonds is 5. The number of imidazole rings is 1. The van der Waals surface area contributed by atoms with Crippen LogP contribution in [0.1, 0.15) is 29.9 Å². The van der Waals surface area contributed by atoms with Gasteiger partial charge in [0.15, 0.2) is 0 Å². The molecule has 0 unspecified atom stereocenters. The summed E-state index contributed by atoms with van der Waals surface area (Å²) in [6.45, 7) is 0. The second-order valence-electron chi connectivity index (χ2n) is 7.30. The summed E-state index contributed by atoms with van der Waals surface area (Å²) in [6, 6.07) is 7.30. The largest absolute Gasteiger partial charge is 0.417 e. The first kappa shape index (κ1) is 20.2. The molecule has 2 heterocycles. The van der Waals surface area contributed by atoms with Crippen LogP contribution in [0.4, 0.5) is 26.3 Å². The number of benzene rings is 1. The number of nitrogens with zero attached hydrogens (tertiary/aromatic N) is 3. The summed E-state index contributed by atoms with van der Waals surface area (Å²) in [5.74, 6) is -0.147. The van der Waals surface area contributed by atoms with Crippen LogP contribution in [0.15, 0.2) is 48.9 Å². The fraction of sp³-hybridized carbons (Fsp3) is 0.300. The monoisotopic (exact) mass is 426 g/mol. The van der Waals surface area contributed by atoms with E-state index in [2.05, 4.69) is 15.1 Å². The lowest BCUT2D eigenvalue weighted by molar-refractivity contribution is -0.186. The van der Waals surface area contributed by atoms with E-state index < -0.39 is 23.3 Å². The van der Waals surface area contributed by atoms with E-state index in [4.69, 9.17) is 0 Å². The molecule has 0 amide bonds. The minimum atomic E-state index is -4.68. The molecule has 158 valence electrons. The molecular weight excluding hydrogens is 410 g/mol. The molecule has 1 fully saturated rings. The topological polar surface area (TPSA) is 46.5 Å². The average Bonchev–Trinajstić information content (AvgIpc) is 3.07. The third-order valence-electron chi connectivity index (χ3n) is 5.17. The predicted molar refractivity (Wildman–Crippen MR) is 97.5 cm³/mol. The molecule has 30 heavy (non-hydrogen) atoms. The third-order valence-corrected chi connectivity index (χ3v) is 5.17. The molecule has 0 spiro atoms. The summed E-state index contributed by atoms with van der Waals surface area (Å²) >= 11 is 0. The van der Waals surface area contributed by atoms with Crippen molar-refractivity contribution in [2.24, 2.45) is 5.41 Å². The van der Waals surface area contributed by atoms with Crippen LogP contribution < -0.4 is 0 Å². The van der Waals surface area contributed by atoms with Crippen molar-refractivity contribution in [2.75, 3.05) is 0 Å². The van der Waals surface area contributed by atoms with Crippen LogP contribution in [-0.2, 0) is 6.42 Å². The molecule has 1 aliphatic rings. The molecule has 1 aliphatic carbocycles. The van der Waals surface area contributed by atoms with Gasteiger partial charge in [0.2, 0.25) is 0 Å². The highest BCUT2D eigenvalue weighted by molar-refractivity contribution is 5.83. The van der Waals surface area contributed by atoms with Gasteiger partial charge in [-0.15, -0.1) is 0 Å². The van der Waals surface area contributed by atoms with Crippen LogP contribution in [0.5, 0.6) is 0 Å². The second-order valence-corrected chi connectivity index (χ2v) is 7.30. The van der Waals surface area contributed by atoms with Gasteiger partial charge in [0.1, 0.15) is 5.82 Å². The Hall–Kier alpha value is -3.04. The van der Waals surface area contributed by atoms with E-state index in [0.29, 0.717) is 5.69 Å².